The molecule has 0 bridgehead atoms. The van der Waals surface area contributed by atoms with Crippen LogP contribution in [0.3, 0.4) is 0 Å². The number of hydrogen-bond donors (Lipinski definition) is 2. The van der Waals surface area contributed by atoms with Gasteiger partial charge in [0.2, 0.25) is 5.91 Å². The zero-order valence-corrected chi connectivity index (χ0v) is 18.5. The lowest BCUT2D eigenvalue weighted by atomic mass is 10.2. The van der Waals surface area contributed by atoms with Gasteiger partial charge in [-0.15, -0.1) is 0 Å². The topological polar surface area (TPSA) is 76.0 Å². The molecule has 0 atom stereocenters. The summed E-state index contributed by atoms with van der Waals surface area (Å²) in [6, 6.07) is 10.7. The average Bonchev–Trinajstić information content (AvgIpc) is 3.51. The number of rotatable bonds is 6. The summed E-state index contributed by atoms with van der Waals surface area (Å²) in [7, 11) is 0. The van der Waals surface area contributed by atoms with Gasteiger partial charge in [0, 0.05) is 23.4 Å². The Morgan fingerprint density at radius 1 is 1.16 bits per heavy atom. The van der Waals surface area contributed by atoms with Crippen molar-refractivity contribution in [3.63, 3.8) is 0 Å². The minimum atomic E-state index is -0.402. The number of carbonyl (C=O) groups is 2. The van der Waals surface area contributed by atoms with Gasteiger partial charge in [0.25, 0.3) is 5.91 Å². The molecule has 1 aromatic heterocycles. The largest absolute Gasteiger partial charge is 0.349 e. The molecular formula is C23H19Cl2FN4O2. The van der Waals surface area contributed by atoms with Crippen molar-refractivity contribution >= 4 is 46.8 Å². The molecule has 2 aromatic carbocycles. The monoisotopic (exact) mass is 472 g/mol. The van der Waals surface area contributed by atoms with E-state index in [9.17, 15) is 14.0 Å². The van der Waals surface area contributed by atoms with E-state index < -0.39 is 5.91 Å². The summed E-state index contributed by atoms with van der Waals surface area (Å²) in [4.78, 5) is 24.5. The van der Waals surface area contributed by atoms with Crippen LogP contribution >= 0.6 is 23.2 Å². The van der Waals surface area contributed by atoms with Crippen LogP contribution in [0.4, 0.5) is 10.1 Å². The Hall–Kier alpha value is -3.16. The van der Waals surface area contributed by atoms with Crippen molar-refractivity contribution in [3.05, 3.63) is 81.4 Å². The van der Waals surface area contributed by atoms with Crippen molar-refractivity contribution in [1.29, 1.82) is 0 Å². The van der Waals surface area contributed by atoms with Gasteiger partial charge in [-0.3, -0.25) is 9.59 Å². The predicted molar refractivity (Wildman–Crippen MR) is 123 cm³/mol. The highest BCUT2D eigenvalue weighted by atomic mass is 35.5. The summed E-state index contributed by atoms with van der Waals surface area (Å²) < 4.78 is 14.6. The molecular weight excluding hydrogens is 454 g/mol. The normalized spacial score (nSPS) is 13.4. The lowest BCUT2D eigenvalue weighted by molar-refractivity contribution is -0.111. The number of amides is 2. The second kappa shape index (κ2) is 9.14. The first-order valence-corrected chi connectivity index (χ1v) is 10.7. The van der Waals surface area contributed by atoms with E-state index in [0.717, 1.165) is 12.8 Å². The van der Waals surface area contributed by atoms with E-state index in [0.29, 0.717) is 33.3 Å². The van der Waals surface area contributed by atoms with Crippen LogP contribution < -0.4 is 10.6 Å². The van der Waals surface area contributed by atoms with Gasteiger partial charge in [-0.25, -0.2) is 9.07 Å². The number of aromatic nitrogens is 2. The van der Waals surface area contributed by atoms with Crippen LogP contribution in [0.2, 0.25) is 10.2 Å². The molecule has 1 heterocycles. The lowest BCUT2D eigenvalue weighted by Gasteiger charge is -2.08. The predicted octanol–water partition coefficient (Wildman–Crippen LogP) is 5.17. The Morgan fingerprint density at radius 2 is 1.88 bits per heavy atom. The Bertz CT molecular complexity index is 1220. The summed E-state index contributed by atoms with van der Waals surface area (Å²) >= 11 is 12.6. The van der Waals surface area contributed by atoms with Crippen molar-refractivity contribution < 1.29 is 14.0 Å². The fraction of sp³-hybridized carbons (Fsp3) is 0.174. The lowest BCUT2D eigenvalue weighted by Crippen LogP contribution is -2.25. The van der Waals surface area contributed by atoms with Gasteiger partial charge in [0.05, 0.1) is 22.0 Å². The van der Waals surface area contributed by atoms with Crippen LogP contribution in [-0.2, 0) is 4.79 Å². The van der Waals surface area contributed by atoms with Gasteiger partial charge in [-0.1, -0.05) is 23.2 Å². The number of aryl methyl sites for hydroxylation is 1. The smallest absolute Gasteiger partial charge is 0.253 e. The Kier molecular flexibility index (Phi) is 6.30. The van der Waals surface area contributed by atoms with Gasteiger partial charge in [-0.2, -0.15) is 5.10 Å². The molecule has 0 radical (unpaired) electrons. The van der Waals surface area contributed by atoms with E-state index in [-0.39, 0.29) is 22.8 Å². The van der Waals surface area contributed by atoms with Gasteiger partial charge >= 0.3 is 0 Å². The van der Waals surface area contributed by atoms with E-state index in [1.54, 1.807) is 37.3 Å². The van der Waals surface area contributed by atoms with Crippen LogP contribution in [0, 0.1) is 12.7 Å². The maximum atomic E-state index is 13.2. The highest BCUT2D eigenvalue weighted by Crippen LogP contribution is 2.26. The average molecular weight is 473 g/mol. The number of carbonyl (C=O) groups excluding carboxylic acids is 2. The molecule has 1 aliphatic rings. The van der Waals surface area contributed by atoms with Crippen LogP contribution in [0.15, 0.2) is 48.5 Å². The fourth-order valence-electron chi connectivity index (χ4n) is 3.06. The fourth-order valence-corrected chi connectivity index (χ4v) is 3.67. The first kappa shape index (κ1) is 22.0. The quantitative estimate of drug-likeness (QED) is 0.485. The van der Waals surface area contributed by atoms with E-state index in [2.05, 4.69) is 15.7 Å². The molecule has 164 valence electrons. The SMILES string of the molecule is Cc1nn(-c2ccc(F)cc2)c(Cl)c1C=CC(=O)Nc1ccc(C(=O)NC2CC2)c(Cl)c1. The first-order chi connectivity index (χ1) is 15.3. The number of nitrogens with zero attached hydrogens (tertiary/aromatic N) is 2. The molecule has 1 fully saturated rings. The highest BCUT2D eigenvalue weighted by molar-refractivity contribution is 6.34. The standard InChI is InChI=1S/C23H19Cl2FN4O2/c1-13-18(22(25)30(29-13)17-7-2-14(26)3-8-17)10-11-21(31)27-16-6-9-19(20(24)12-16)23(32)28-15-4-5-15/h2-3,6-12,15H,4-5H2,1H3,(H,27,31)(H,28,32). The second-order valence-corrected chi connectivity index (χ2v) is 8.21. The molecule has 9 heteroatoms. The minimum absolute atomic E-state index is 0.224. The van der Waals surface area contributed by atoms with E-state index in [1.165, 1.54) is 29.0 Å². The zero-order chi connectivity index (χ0) is 22.8. The van der Waals surface area contributed by atoms with Gasteiger partial charge < -0.3 is 10.6 Å². The third-order valence-corrected chi connectivity index (χ3v) is 5.59. The van der Waals surface area contributed by atoms with Crippen LogP contribution in [0.25, 0.3) is 11.8 Å². The van der Waals surface area contributed by atoms with Gasteiger partial charge in [-0.05, 0) is 68.3 Å². The van der Waals surface area contributed by atoms with Crippen molar-refractivity contribution in [1.82, 2.24) is 15.1 Å². The molecule has 0 saturated heterocycles. The number of hydrogen-bond acceptors (Lipinski definition) is 3. The molecule has 4 rings (SSSR count). The van der Waals surface area contributed by atoms with Gasteiger partial charge in [0.1, 0.15) is 11.0 Å². The number of nitrogens with one attached hydrogen (secondary N) is 2. The minimum Gasteiger partial charge on any atom is -0.349 e. The summed E-state index contributed by atoms with van der Waals surface area (Å²) in [6.07, 6.45) is 4.85. The Labute approximate surface area is 194 Å². The molecule has 32 heavy (non-hydrogen) atoms. The molecule has 2 amide bonds. The number of anilines is 1. The van der Waals surface area contributed by atoms with Crippen molar-refractivity contribution in [3.8, 4) is 5.69 Å². The third-order valence-electron chi connectivity index (χ3n) is 4.91. The number of halogens is 3. The van der Waals surface area contributed by atoms with E-state index in [4.69, 9.17) is 23.2 Å². The maximum absolute atomic E-state index is 13.2. The van der Waals surface area contributed by atoms with Crippen LogP contribution in [0.5, 0.6) is 0 Å². The first-order valence-electron chi connectivity index (χ1n) is 9.92. The molecule has 2 N–H and O–H groups in total. The number of benzene rings is 2. The van der Waals surface area contributed by atoms with E-state index in [1.807, 2.05) is 0 Å². The second-order valence-electron chi connectivity index (χ2n) is 7.44. The van der Waals surface area contributed by atoms with E-state index >= 15 is 0 Å². The molecule has 3 aromatic rings. The summed E-state index contributed by atoms with van der Waals surface area (Å²) in [5.74, 6) is -0.984. The van der Waals surface area contributed by atoms with Crippen molar-refractivity contribution in [2.45, 2.75) is 25.8 Å². The van der Waals surface area contributed by atoms with Crippen LogP contribution in [0.1, 0.15) is 34.5 Å². The van der Waals surface area contributed by atoms with Crippen LogP contribution in [-0.4, -0.2) is 27.6 Å². The molecule has 1 aliphatic carbocycles. The molecule has 1 saturated carbocycles. The van der Waals surface area contributed by atoms with Crippen molar-refractivity contribution in [2.75, 3.05) is 5.32 Å². The zero-order valence-electron chi connectivity index (χ0n) is 17.0. The maximum Gasteiger partial charge on any atom is 0.253 e. The summed E-state index contributed by atoms with van der Waals surface area (Å²) in [5.41, 5.74) is 2.60. The van der Waals surface area contributed by atoms with Crippen molar-refractivity contribution in [2.24, 2.45) is 0 Å². The molecule has 0 spiro atoms. The molecule has 0 aliphatic heterocycles. The Balaban J connectivity index is 1.45. The summed E-state index contributed by atoms with van der Waals surface area (Å²) in [5, 5.41) is 10.5. The highest BCUT2D eigenvalue weighted by Gasteiger charge is 2.24. The summed E-state index contributed by atoms with van der Waals surface area (Å²) in [6.45, 7) is 1.76. The Morgan fingerprint density at radius 3 is 2.53 bits per heavy atom. The van der Waals surface area contributed by atoms with Gasteiger partial charge in [0.15, 0.2) is 0 Å². The molecule has 6 nitrogen and oxygen atoms in total. The molecule has 0 unspecified atom stereocenters. The third kappa shape index (κ3) is 5.00.